The number of hydrogen-bond donors (Lipinski definition) is 0. The van der Waals surface area contributed by atoms with Crippen LogP contribution in [0.3, 0.4) is 0 Å². The van der Waals surface area contributed by atoms with E-state index in [4.69, 9.17) is 4.98 Å². The number of rotatable bonds is 2. The minimum absolute atomic E-state index is 1.02. The van der Waals surface area contributed by atoms with Crippen LogP contribution < -0.4 is 0 Å². The molecule has 0 atom stereocenters. The van der Waals surface area contributed by atoms with Gasteiger partial charge in [0.1, 0.15) is 0 Å². The molecule has 33 heavy (non-hydrogen) atoms. The molecule has 0 aliphatic rings. The average Bonchev–Trinajstić information content (AvgIpc) is 3.29. The first kappa shape index (κ1) is 18.2. The minimum atomic E-state index is 1.02. The van der Waals surface area contributed by atoms with Gasteiger partial charge in [0.05, 0.1) is 11.0 Å². The van der Waals surface area contributed by atoms with Crippen LogP contribution in [0.5, 0.6) is 0 Å². The summed E-state index contributed by atoms with van der Waals surface area (Å²) in [7, 11) is 0. The monoisotopic (exact) mass is 420 g/mol. The van der Waals surface area contributed by atoms with Crippen molar-refractivity contribution in [3.8, 4) is 16.8 Å². The summed E-state index contributed by atoms with van der Waals surface area (Å²) in [6.07, 6.45) is 4.10. The van der Waals surface area contributed by atoms with Gasteiger partial charge in [-0.15, -0.1) is 0 Å². The maximum absolute atomic E-state index is 4.78. The Morgan fingerprint density at radius 3 is 1.82 bits per heavy atom. The molecule has 5 aromatic carbocycles. The number of benzene rings is 5. The number of aromatic nitrogens is 2. The standard InChI is InChI=1S/C31H20N2/c1-2-9-22(10-3-1)33-20-29(31-30(33)15-8-18-32-31)21-16-17-27-25-13-5-4-11-23(25)24-12-6-7-14-26(24)28(27)19-21/h1-20H. The van der Waals surface area contributed by atoms with E-state index in [9.17, 15) is 0 Å². The van der Waals surface area contributed by atoms with Crippen molar-refractivity contribution in [1.29, 1.82) is 0 Å². The first-order chi connectivity index (χ1) is 16.4. The Morgan fingerprint density at radius 2 is 1.12 bits per heavy atom. The largest absolute Gasteiger partial charge is 0.314 e. The van der Waals surface area contributed by atoms with Gasteiger partial charge in [0.25, 0.3) is 0 Å². The highest BCUT2D eigenvalue weighted by Gasteiger charge is 2.14. The number of para-hydroxylation sites is 1. The lowest BCUT2D eigenvalue weighted by Crippen LogP contribution is -1.90. The van der Waals surface area contributed by atoms with E-state index < -0.39 is 0 Å². The fourth-order valence-electron chi connectivity index (χ4n) is 5.15. The van der Waals surface area contributed by atoms with Gasteiger partial charge in [-0.1, -0.05) is 78.9 Å². The zero-order valence-electron chi connectivity index (χ0n) is 17.9. The molecular weight excluding hydrogens is 400 g/mol. The Labute approximate surface area is 191 Å². The molecule has 0 aliphatic carbocycles. The van der Waals surface area contributed by atoms with Crippen LogP contribution >= 0.6 is 0 Å². The molecule has 0 saturated carbocycles. The van der Waals surface area contributed by atoms with E-state index in [0.29, 0.717) is 0 Å². The first-order valence-electron chi connectivity index (χ1n) is 11.2. The summed E-state index contributed by atoms with van der Waals surface area (Å²) in [5.74, 6) is 0. The van der Waals surface area contributed by atoms with Gasteiger partial charge in [0.15, 0.2) is 0 Å². The van der Waals surface area contributed by atoms with Gasteiger partial charge < -0.3 is 4.57 Å². The van der Waals surface area contributed by atoms with E-state index in [0.717, 1.165) is 22.3 Å². The van der Waals surface area contributed by atoms with Crippen molar-refractivity contribution in [1.82, 2.24) is 9.55 Å². The Hall–Kier alpha value is -4.43. The van der Waals surface area contributed by atoms with Crippen LogP contribution in [0.15, 0.2) is 122 Å². The lowest BCUT2D eigenvalue weighted by Gasteiger charge is -2.11. The van der Waals surface area contributed by atoms with Crippen molar-refractivity contribution in [3.63, 3.8) is 0 Å². The minimum Gasteiger partial charge on any atom is -0.314 e. The molecule has 2 nitrogen and oxygen atoms in total. The fourth-order valence-corrected chi connectivity index (χ4v) is 5.15. The Kier molecular flexibility index (Phi) is 3.88. The highest BCUT2D eigenvalue weighted by molar-refractivity contribution is 6.25. The second kappa shape index (κ2) is 7.04. The molecule has 2 heteroatoms. The van der Waals surface area contributed by atoms with Crippen LogP contribution in [0.4, 0.5) is 0 Å². The Morgan fingerprint density at radius 1 is 0.515 bits per heavy atom. The second-order valence-electron chi connectivity index (χ2n) is 8.47. The molecule has 2 heterocycles. The quantitative estimate of drug-likeness (QED) is 0.258. The first-order valence-corrected chi connectivity index (χ1v) is 11.2. The molecule has 0 aliphatic heterocycles. The van der Waals surface area contributed by atoms with Crippen LogP contribution in [-0.2, 0) is 0 Å². The van der Waals surface area contributed by atoms with Crippen molar-refractivity contribution >= 4 is 43.4 Å². The van der Waals surface area contributed by atoms with Gasteiger partial charge in [-0.05, 0) is 68.2 Å². The van der Waals surface area contributed by atoms with Crippen molar-refractivity contribution in [2.24, 2.45) is 0 Å². The van der Waals surface area contributed by atoms with E-state index in [1.807, 2.05) is 18.3 Å². The Balaban J connectivity index is 1.56. The van der Waals surface area contributed by atoms with E-state index >= 15 is 0 Å². The molecule has 0 spiro atoms. The van der Waals surface area contributed by atoms with E-state index in [1.54, 1.807) is 0 Å². The summed E-state index contributed by atoms with van der Waals surface area (Å²) < 4.78 is 2.24. The molecule has 0 saturated heterocycles. The molecule has 154 valence electrons. The summed E-state index contributed by atoms with van der Waals surface area (Å²) >= 11 is 0. The van der Waals surface area contributed by atoms with Gasteiger partial charge in [0.2, 0.25) is 0 Å². The maximum Gasteiger partial charge on any atom is 0.0963 e. The van der Waals surface area contributed by atoms with Crippen molar-refractivity contribution < 1.29 is 0 Å². The normalized spacial score (nSPS) is 11.6. The molecule has 0 unspecified atom stereocenters. The topological polar surface area (TPSA) is 17.8 Å². The van der Waals surface area contributed by atoms with Gasteiger partial charge >= 0.3 is 0 Å². The lowest BCUT2D eigenvalue weighted by atomic mass is 9.92. The smallest absolute Gasteiger partial charge is 0.0963 e. The number of pyridine rings is 1. The molecule has 7 aromatic rings. The third-order valence-electron chi connectivity index (χ3n) is 6.65. The summed E-state index contributed by atoms with van der Waals surface area (Å²) in [5, 5.41) is 7.74. The zero-order valence-corrected chi connectivity index (χ0v) is 17.9. The Bertz CT molecular complexity index is 1770. The van der Waals surface area contributed by atoms with Crippen LogP contribution in [0.1, 0.15) is 0 Å². The summed E-state index contributed by atoms with van der Waals surface area (Å²) in [6, 6.07) is 38.9. The highest BCUT2D eigenvalue weighted by atomic mass is 15.0. The van der Waals surface area contributed by atoms with Gasteiger partial charge in [-0.25, -0.2) is 0 Å². The van der Waals surface area contributed by atoms with Crippen molar-refractivity contribution in [3.05, 3.63) is 122 Å². The molecule has 7 rings (SSSR count). The number of fused-ring (bicyclic) bond motifs is 7. The van der Waals surface area contributed by atoms with Gasteiger partial charge in [-0.2, -0.15) is 0 Å². The summed E-state index contributed by atoms with van der Waals surface area (Å²) in [4.78, 5) is 4.78. The highest BCUT2D eigenvalue weighted by Crippen LogP contribution is 2.38. The molecule has 2 aromatic heterocycles. The molecular formula is C31H20N2. The van der Waals surface area contributed by atoms with Crippen LogP contribution in [-0.4, -0.2) is 9.55 Å². The summed E-state index contributed by atoms with van der Waals surface area (Å²) in [5.41, 5.74) is 5.60. The van der Waals surface area contributed by atoms with Crippen molar-refractivity contribution in [2.45, 2.75) is 0 Å². The molecule has 0 radical (unpaired) electrons. The third-order valence-corrected chi connectivity index (χ3v) is 6.65. The number of hydrogen-bond acceptors (Lipinski definition) is 1. The predicted octanol–water partition coefficient (Wildman–Crippen LogP) is 8.15. The van der Waals surface area contributed by atoms with Gasteiger partial charge in [-0.3, -0.25) is 4.98 Å². The van der Waals surface area contributed by atoms with Gasteiger partial charge in [0, 0.05) is 23.6 Å². The fraction of sp³-hybridized carbons (Fsp3) is 0. The van der Waals surface area contributed by atoms with Crippen LogP contribution in [0.25, 0.3) is 60.2 Å². The molecule has 0 amide bonds. The van der Waals surface area contributed by atoms with E-state index in [2.05, 4.69) is 108 Å². The van der Waals surface area contributed by atoms with Crippen LogP contribution in [0, 0.1) is 0 Å². The average molecular weight is 421 g/mol. The lowest BCUT2D eigenvalue weighted by molar-refractivity contribution is 1.13. The zero-order chi connectivity index (χ0) is 21.8. The maximum atomic E-state index is 4.78. The van der Waals surface area contributed by atoms with E-state index in [1.165, 1.54) is 37.9 Å². The van der Waals surface area contributed by atoms with E-state index in [-0.39, 0.29) is 0 Å². The molecule has 0 bridgehead atoms. The molecule has 0 fully saturated rings. The predicted molar refractivity (Wildman–Crippen MR) is 139 cm³/mol. The SMILES string of the molecule is c1ccc(-n2cc(-c3ccc4c5ccccc5c5ccccc5c4c3)c3ncccc32)cc1. The third kappa shape index (κ3) is 2.71. The van der Waals surface area contributed by atoms with Crippen molar-refractivity contribution in [2.75, 3.05) is 0 Å². The second-order valence-corrected chi connectivity index (χ2v) is 8.47. The molecule has 0 N–H and O–H groups in total. The number of nitrogens with zero attached hydrogens (tertiary/aromatic N) is 2. The van der Waals surface area contributed by atoms with Crippen LogP contribution in [0.2, 0.25) is 0 Å². The summed E-state index contributed by atoms with van der Waals surface area (Å²) in [6.45, 7) is 0.